The van der Waals surface area contributed by atoms with E-state index in [-0.39, 0.29) is 53.6 Å². The Bertz CT molecular complexity index is 486. The predicted octanol–water partition coefficient (Wildman–Crippen LogP) is 2.10. The minimum atomic E-state index is -0.947. The SMILES string of the molecule is CC1(C)[C@@H](C=C(Cl)Cl)[C@@H]1C(=O)NCC(=O)OCCCC(=O)O. The number of carbonyl (C=O) groups is 3. The Kier molecular flexibility index (Phi) is 6.68. The first kappa shape index (κ1) is 18.8. The van der Waals surface area contributed by atoms with Crippen molar-refractivity contribution in [2.45, 2.75) is 26.7 Å². The molecule has 2 N–H and O–H groups in total. The van der Waals surface area contributed by atoms with Gasteiger partial charge in [0.1, 0.15) is 11.0 Å². The van der Waals surface area contributed by atoms with Crippen molar-refractivity contribution in [2.75, 3.05) is 13.2 Å². The van der Waals surface area contributed by atoms with Gasteiger partial charge < -0.3 is 15.2 Å². The third-order valence-electron chi connectivity index (χ3n) is 3.70. The average Bonchev–Trinajstić information content (AvgIpc) is 2.92. The van der Waals surface area contributed by atoms with Crippen molar-refractivity contribution >= 4 is 41.0 Å². The van der Waals surface area contributed by atoms with Crippen LogP contribution in [0.3, 0.4) is 0 Å². The molecular weight excluding hydrogens is 333 g/mol. The summed E-state index contributed by atoms with van der Waals surface area (Å²) in [4.78, 5) is 33.7. The zero-order valence-corrected chi connectivity index (χ0v) is 13.9. The van der Waals surface area contributed by atoms with E-state index in [0.717, 1.165) is 0 Å². The Morgan fingerprint density at radius 2 is 1.95 bits per heavy atom. The van der Waals surface area contributed by atoms with Crippen LogP contribution in [0.25, 0.3) is 0 Å². The van der Waals surface area contributed by atoms with Gasteiger partial charge >= 0.3 is 11.9 Å². The van der Waals surface area contributed by atoms with Crippen LogP contribution in [0.1, 0.15) is 26.7 Å². The van der Waals surface area contributed by atoms with Gasteiger partial charge in [-0.05, 0) is 23.8 Å². The van der Waals surface area contributed by atoms with E-state index >= 15 is 0 Å². The highest BCUT2D eigenvalue weighted by Gasteiger charge is 2.60. The minimum absolute atomic E-state index is 0.0170. The molecule has 1 amide bonds. The number of nitrogens with one attached hydrogen (secondary N) is 1. The molecule has 2 atom stereocenters. The smallest absolute Gasteiger partial charge is 0.325 e. The molecular formula is C14H19Cl2NO5. The molecule has 8 heteroatoms. The number of halogens is 2. The number of hydrogen-bond donors (Lipinski definition) is 2. The van der Waals surface area contributed by atoms with Crippen LogP contribution >= 0.6 is 23.2 Å². The van der Waals surface area contributed by atoms with Crippen molar-refractivity contribution in [3.05, 3.63) is 10.6 Å². The van der Waals surface area contributed by atoms with Gasteiger partial charge in [-0.25, -0.2) is 0 Å². The van der Waals surface area contributed by atoms with Gasteiger partial charge in [0.15, 0.2) is 0 Å². The summed E-state index contributed by atoms with van der Waals surface area (Å²) in [5.41, 5.74) is -0.259. The molecule has 1 saturated carbocycles. The topological polar surface area (TPSA) is 92.7 Å². The summed E-state index contributed by atoms with van der Waals surface area (Å²) >= 11 is 11.2. The molecule has 0 saturated heterocycles. The fraction of sp³-hybridized carbons (Fsp3) is 0.643. The fourth-order valence-corrected chi connectivity index (χ4v) is 2.63. The largest absolute Gasteiger partial charge is 0.481 e. The highest BCUT2D eigenvalue weighted by Crippen LogP contribution is 2.59. The summed E-state index contributed by atoms with van der Waals surface area (Å²) in [6.07, 6.45) is 1.80. The normalized spacial score (nSPS) is 21.6. The molecule has 0 aromatic carbocycles. The van der Waals surface area contributed by atoms with Gasteiger partial charge in [0.05, 0.1) is 12.5 Å². The second-order valence-corrected chi connectivity index (χ2v) is 6.72. The van der Waals surface area contributed by atoms with Crippen molar-refractivity contribution < 1.29 is 24.2 Å². The summed E-state index contributed by atoms with van der Waals surface area (Å²) in [6.45, 7) is 3.60. The molecule has 0 aliphatic heterocycles. The molecule has 0 heterocycles. The van der Waals surface area contributed by atoms with E-state index in [1.807, 2.05) is 13.8 Å². The molecule has 0 radical (unpaired) electrons. The number of allylic oxidation sites excluding steroid dienone is 1. The lowest BCUT2D eigenvalue weighted by Gasteiger charge is -2.06. The standard InChI is InChI=1S/C14H19Cl2NO5/c1-14(2)8(6-9(15)16)12(14)13(21)17-7-11(20)22-5-3-4-10(18)19/h6,8,12H,3-5,7H2,1-2H3,(H,17,21)(H,18,19)/t8-,12+/m0/s1. The summed E-state index contributed by atoms with van der Waals surface area (Å²) in [6, 6.07) is 0. The van der Waals surface area contributed by atoms with Crippen molar-refractivity contribution in [2.24, 2.45) is 17.3 Å². The number of hydrogen-bond acceptors (Lipinski definition) is 4. The number of ether oxygens (including phenoxy) is 1. The van der Waals surface area contributed by atoms with Crippen LogP contribution in [0.4, 0.5) is 0 Å². The summed E-state index contributed by atoms with van der Waals surface area (Å²) < 4.78 is 4.93. The molecule has 0 aromatic rings. The molecule has 0 spiro atoms. The van der Waals surface area contributed by atoms with E-state index < -0.39 is 11.9 Å². The minimum Gasteiger partial charge on any atom is -0.481 e. The second-order valence-electron chi connectivity index (χ2n) is 5.72. The van der Waals surface area contributed by atoms with E-state index in [1.54, 1.807) is 6.08 Å². The van der Waals surface area contributed by atoms with Gasteiger partial charge in [0, 0.05) is 6.42 Å². The van der Waals surface area contributed by atoms with E-state index in [2.05, 4.69) is 5.32 Å². The van der Waals surface area contributed by atoms with E-state index in [0.29, 0.717) is 0 Å². The molecule has 0 aromatic heterocycles. The monoisotopic (exact) mass is 351 g/mol. The third-order valence-corrected chi connectivity index (χ3v) is 3.96. The first-order valence-electron chi connectivity index (χ1n) is 6.84. The number of aliphatic carboxylic acids is 1. The quantitative estimate of drug-likeness (QED) is 0.516. The number of rotatable bonds is 8. The van der Waals surface area contributed by atoms with Crippen LogP contribution in [-0.4, -0.2) is 36.1 Å². The van der Waals surface area contributed by atoms with Gasteiger partial charge in [0.25, 0.3) is 0 Å². The lowest BCUT2D eigenvalue weighted by atomic mass is 10.1. The van der Waals surface area contributed by atoms with Gasteiger partial charge in [-0.15, -0.1) is 0 Å². The van der Waals surface area contributed by atoms with Crippen LogP contribution in [0.2, 0.25) is 0 Å². The maximum atomic E-state index is 12.0. The Labute approximate surface area is 138 Å². The molecule has 1 fully saturated rings. The Hall–Kier alpha value is -1.27. The zero-order chi connectivity index (χ0) is 16.9. The van der Waals surface area contributed by atoms with Crippen molar-refractivity contribution in [1.29, 1.82) is 0 Å². The number of carboxylic acids is 1. The van der Waals surface area contributed by atoms with Gasteiger partial charge in [-0.3, -0.25) is 14.4 Å². The molecule has 124 valence electrons. The Morgan fingerprint density at radius 1 is 1.32 bits per heavy atom. The highest BCUT2D eigenvalue weighted by atomic mass is 35.5. The zero-order valence-electron chi connectivity index (χ0n) is 12.4. The maximum absolute atomic E-state index is 12.0. The van der Waals surface area contributed by atoms with E-state index in [1.165, 1.54) is 0 Å². The highest BCUT2D eigenvalue weighted by molar-refractivity contribution is 6.55. The van der Waals surface area contributed by atoms with Gasteiger partial charge in [-0.2, -0.15) is 0 Å². The number of esters is 1. The summed E-state index contributed by atoms with van der Waals surface area (Å²) in [7, 11) is 0. The lowest BCUT2D eigenvalue weighted by molar-refractivity contribution is -0.145. The summed E-state index contributed by atoms with van der Waals surface area (Å²) in [5, 5.41) is 10.9. The van der Waals surface area contributed by atoms with Crippen LogP contribution in [0, 0.1) is 17.3 Å². The molecule has 0 bridgehead atoms. The maximum Gasteiger partial charge on any atom is 0.325 e. The molecule has 0 unspecified atom stereocenters. The van der Waals surface area contributed by atoms with Crippen LogP contribution in [-0.2, 0) is 19.1 Å². The molecule has 1 aliphatic rings. The fourth-order valence-electron chi connectivity index (χ4n) is 2.35. The average molecular weight is 352 g/mol. The number of carbonyl (C=O) groups excluding carboxylic acids is 2. The van der Waals surface area contributed by atoms with E-state index in [9.17, 15) is 14.4 Å². The molecule has 1 aliphatic carbocycles. The van der Waals surface area contributed by atoms with Crippen molar-refractivity contribution in [3.8, 4) is 0 Å². The first-order chi connectivity index (χ1) is 10.2. The predicted molar refractivity (Wildman–Crippen MR) is 81.4 cm³/mol. The molecule has 6 nitrogen and oxygen atoms in total. The number of carboxylic acid groups (broad SMARTS) is 1. The van der Waals surface area contributed by atoms with Crippen molar-refractivity contribution in [3.63, 3.8) is 0 Å². The van der Waals surface area contributed by atoms with Gasteiger partial charge in [-0.1, -0.05) is 37.0 Å². The Balaban J connectivity index is 2.30. The van der Waals surface area contributed by atoms with Crippen LogP contribution in [0.5, 0.6) is 0 Å². The number of amides is 1. The van der Waals surface area contributed by atoms with Crippen molar-refractivity contribution in [1.82, 2.24) is 5.32 Å². The van der Waals surface area contributed by atoms with E-state index in [4.69, 9.17) is 33.0 Å². The third kappa shape index (κ3) is 5.50. The lowest BCUT2D eigenvalue weighted by Crippen LogP contribution is -2.33. The first-order valence-corrected chi connectivity index (χ1v) is 7.59. The molecule has 1 rings (SSSR count). The van der Waals surface area contributed by atoms with Crippen LogP contribution < -0.4 is 5.32 Å². The second kappa shape index (κ2) is 7.83. The van der Waals surface area contributed by atoms with Crippen LogP contribution in [0.15, 0.2) is 10.6 Å². The Morgan fingerprint density at radius 3 is 2.50 bits per heavy atom. The van der Waals surface area contributed by atoms with Gasteiger partial charge in [0.2, 0.25) is 5.91 Å². The molecule has 22 heavy (non-hydrogen) atoms. The summed E-state index contributed by atoms with van der Waals surface area (Å²) in [5.74, 6) is -2.16.